The van der Waals surface area contributed by atoms with Gasteiger partial charge in [-0.05, 0) is 11.6 Å². The molecule has 0 bridgehead atoms. The van der Waals surface area contributed by atoms with Crippen LogP contribution in [0.2, 0.25) is 0 Å². The largest absolute Gasteiger partial charge is 0.264 e. The Morgan fingerprint density at radius 3 is 2.06 bits per heavy atom. The summed E-state index contributed by atoms with van der Waals surface area (Å²) in [5.41, 5.74) is 1.65. The highest BCUT2D eigenvalue weighted by molar-refractivity contribution is 5.50. The molecule has 0 aliphatic carbocycles. The lowest BCUT2D eigenvalue weighted by Gasteiger charge is -2.04. The summed E-state index contributed by atoms with van der Waals surface area (Å²) in [4.78, 5) is 10.8. The van der Waals surface area contributed by atoms with Crippen LogP contribution in [0.5, 0.6) is 0 Å². The first kappa shape index (κ1) is 12.0. The van der Waals surface area contributed by atoms with Gasteiger partial charge in [0.05, 0.1) is 0 Å². The minimum absolute atomic E-state index is 0.283. The zero-order valence-corrected chi connectivity index (χ0v) is 9.77. The van der Waals surface area contributed by atoms with E-state index in [1.165, 1.54) is 0 Å². The van der Waals surface area contributed by atoms with Gasteiger partial charge in [-0.2, -0.15) is 0 Å². The van der Waals surface area contributed by atoms with Gasteiger partial charge < -0.3 is 0 Å². The van der Waals surface area contributed by atoms with Crippen LogP contribution in [0.3, 0.4) is 0 Å². The second-order valence-corrected chi connectivity index (χ2v) is 3.91. The lowest BCUT2D eigenvalue weighted by molar-refractivity contribution is -0.515. The highest BCUT2D eigenvalue weighted by Gasteiger charge is 2.17. The summed E-state index contributed by atoms with van der Waals surface area (Å²) in [7, 11) is 0. The van der Waals surface area contributed by atoms with Gasteiger partial charge in [-0.3, -0.25) is 10.1 Å². The van der Waals surface area contributed by atoms with Crippen molar-refractivity contribution in [3.63, 3.8) is 0 Å². The predicted molar refractivity (Wildman–Crippen MR) is 71.7 cm³/mol. The van der Waals surface area contributed by atoms with E-state index in [0.29, 0.717) is 5.56 Å². The van der Waals surface area contributed by atoms with E-state index in [4.69, 9.17) is 0 Å². The highest BCUT2D eigenvalue weighted by Crippen LogP contribution is 2.18. The number of hydrogen-bond acceptors (Lipinski definition) is 2. The second kappa shape index (κ2) is 5.77. The molecule has 0 aliphatic heterocycles. The molecule has 2 rings (SSSR count). The van der Waals surface area contributed by atoms with Crippen molar-refractivity contribution in [2.45, 2.75) is 6.04 Å². The van der Waals surface area contributed by atoms with Crippen molar-refractivity contribution in [3.05, 3.63) is 88.0 Å². The van der Waals surface area contributed by atoms with Crippen LogP contribution in [-0.2, 0) is 0 Å². The van der Waals surface area contributed by atoms with Crippen molar-refractivity contribution in [1.82, 2.24) is 0 Å². The van der Waals surface area contributed by atoms with Gasteiger partial charge in [0, 0.05) is 10.5 Å². The molecule has 0 saturated carbocycles. The SMILES string of the molecule is O=[N+]([O-])C(C=Cc1ccccc1)c1ccccc1. The molecule has 0 spiro atoms. The van der Waals surface area contributed by atoms with E-state index >= 15 is 0 Å². The molecule has 2 aromatic carbocycles. The Morgan fingerprint density at radius 2 is 1.50 bits per heavy atom. The minimum atomic E-state index is -0.800. The quantitative estimate of drug-likeness (QED) is 0.602. The molecule has 0 fully saturated rings. The van der Waals surface area contributed by atoms with Gasteiger partial charge in [-0.1, -0.05) is 66.7 Å². The van der Waals surface area contributed by atoms with Gasteiger partial charge >= 0.3 is 0 Å². The van der Waals surface area contributed by atoms with E-state index < -0.39 is 6.04 Å². The number of hydrogen-bond donors (Lipinski definition) is 0. The van der Waals surface area contributed by atoms with Gasteiger partial charge in [0.1, 0.15) is 0 Å². The zero-order valence-electron chi connectivity index (χ0n) is 9.77. The van der Waals surface area contributed by atoms with Crippen molar-refractivity contribution in [3.8, 4) is 0 Å². The topological polar surface area (TPSA) is 43.1 Å². The highest BCUT2D eigenvalue weighted by atomic mass is 16.6. The average molecular weight is 239 g/mol. The van der Waals surface area contributed by atoms with Gasteiger partial charge in [-0.15, -0.1) is 0 Å². The first-order valence-corrected chi connectivity index (χ1v) is 5.69. The van der Waals surface area contributed by atoms with Gasteiger partial charge in [0.25, 0.3) is 6.04 Å². The Kier molecular flexibility index (Phi) is 3.86. The standard InChI is InChI=1S/C15H13NO2/c17-16(18)15(14-9-5-2-6-10-14)12-11-13-7-3-1-4-8-13/h1-12,15H. The first-order chi connectivity index (χ1) is 8.77. The van der Waals surface area contributed by atoms with E-state index in [2.05, 4.69) is 0 Å². The van der Waals surface area contributed by atoms with E-state index in [1.807, 2.05) is 48.5 Å². The van der Waals surface area contributed by atoms with E-state index in [1.54, 1.807) is 24.3 Å². The maximum absolute atomic E-state index is 11.1. The average Bonchev–Trinajstić information content (AvgIpc) is 2.41. The smallest absolute Gasteiger partial charge is 0.256 e. The number of nitro groups is 1. The molecule has 3 heteroatoms. The van der Waals surface area contributed by atoms with Crippen molar-refractivity contribution < 1.29 is 4.92 Å². The first-order valence-electron chi connectivity index (χ1n) is 5.69. The fourth-order valence-corrected chi connectivity index (χ4v) is 1.72. The summed E-state index contributed by atoms with van der Waals surface area (Å²) in [5.74, 6) is 0. The van der Waals surface area contributed by atoms with Crippen molar-refractivity contribution in [1.29, 1.82) is 0 Å². The minimum Gasteiger partial charge on any atom is -0.264 e. The molecule has 0 amide bonds. The van der Waals surface area contributed by atoms with Crippen molar-refractivity contribution in [2.24, 2.45) is 0 Å². The Balaban J connectivity index is 2.23. The van der Waals surface area contributed by atoms with Crippen LogP contribution >= 0.6 is 0 Å². The van der Waals surface area contributed by atoms with Crippen LogP contribution in [0.25, 0.3) is 6.08 Å². The maximum Gasteiger partial charge on any atom is 0.256 e. The summed E-state index contributed by atoms with van der Waals surface area (Å²) < 4.78 is 0. The normalized spacial score (nSPS) is 12.4. The lowest BCUT2D eigenvalue weighted by atomic mass is 10.1. The Morgan fingerprint density at radius 1 is 0.944 bits per heavy atom. The maximum atomic E-state index is 11.1. The van der Waals surface area contributed by atoms with Crippen molar-refractivity contribution in [2.75, 3.05) is 0 Å². The summed E-state index contributed by atoms with van der Waals surface area (Å²) >= 11 is 0. The monoisotopic (exact) mass is 239 g/mol. The molecular formula is C15H13NO2. The van der Waals surface area contributed by atoms with Gasteiger partial charge in [0.15, 0.2) is 0 Å². The molecule has 0 aliphatic rings. The van der Waals surface area contributed by atoms with Crippen LogP contribution < -0.4 is 0 Å². The summed E-state index contributed by atoms with van der Waals surface area (Å²) in [5, 5.41) is 11.1. The predicted octanol–water partition coefficient (Wildman–Crippen LogP) is 3.72. The van der Waals surface area contributed by atoms with E-state index in [9.17, 15) is 10.1 Å². The van der Waals surface area contributed by atoms with Gasteiger partial charge in [-0.25, -0.2) is 0 Å². The van der Waals surface area contributed by atoms with Crippen LogP contribution in [-0.4, -0.2) is 4.92 Å². The number of rotatable bonds is 4. The molecule has 0 saturated heterocycles. The van der Waals surface area contributed by atoms with Crippen molar-refractivity contribution >= 4 is 6.08 Å². The third kappa shape index (κ3) is 3.04. The van der Waals surface area contributed by atoms with E-state index in [0.717, 1.165) is 5.56 Å². The molecular weight excluding hydrogens is 226 g/mol. The molecule has 90 valence electrons. The molecule has 2 aromatic rings. The molecule has 0 radical (unpaired) electrons. The zero-order chi connectivity index (χ0) is 12.8. The molecule has 1 atom stereocenters. The lowest BCUT2D eigenvalue weighted by Crippen LogP contribution is -2.07. The van der Waals surface area contributed by atoms with Crippen LogP contribution in [0.15, 0.2) is 66.7 Å². The fourth-order valence-electron chi connectivity index (χ4n) is 1.72. The second-order valence-electron chi connectivity index (χ2n) is 3.91. The molecule has 0 heterocycles. The fraction of sp³-hybridized carbons (Fsp3) is 0.0667. The summed E-state index contributed by atoms with van der Waals surface area (Å²) in [6.45, 7) is 0. The van der Waals surface area contributed by atoms with E-state index in [-0.39, 0.29) is 4.92 Å². The van der Waals surface area contributed by atoms with Crippen LogP contribution in [0, 0.1) is 10.1 Å². The Hall–Kier alpha value is -2.42. The summed E-state index contributed by atoms with van der Waals surface area (Å²) in [6, 6.07) is 17.8. The molecule has 1 unspecified atom stereocenters. The number of nitrogens with zero attached hydrogens (tertiary/aromatic N) is 1. The van der Waals surface area contributed by atoms with Gasteiger partial charge in [0.2, 0.25) is 0 Å². The number of benzene rings is 2. The summed E-state index contributed by atoms with van der Waals surface area (Å²) in [6.07, 6.45) is 3.39. The van der Waals surface area contributed by atoms with Crippen LogP contribution in [0.1, 0.15) is 17.2 Å². The molecule has 18 heavy (non-hydrogen) atoms. The Bertz CT molecular complexity index is 535. The molecule has 3 nitrogen and oxygen atoms in total. The third-order valence-corrected chi connectivity index (χ3v) is 2.64. The van der Waals surface area contributed by atoms with Crippen LogP contribution in [0.4, 0.5) is 0 Å². The Labute approximate surface area is 106 Å². The third-order valence-electron chi connectivity index (χ3n) is 2.64. The molecule has 0 N–H and O–H groups in total. The molecule has 0 aromatic heterocycles.